The summed E-state index contributed by atoms with van der Waals surface area (Å²) >= 11 is 0. The Balaban J connectivity index is 2.14. The number of hydrogen-bond donors (Lipinski definition) is 1. The minimum atomic E-state index is 0.628. The molecule has 0 aliphatic rings. The van der Waals surface area contributed by atoms with E-state index in [-0.39, 0.29) is 0 Å². The molecule has 0 spiro atoms. The van der Waals surface area contributed by atoms with Gasteiger partial charge < -0.3 is 10.1 Å². The molecule has 1 aromatic carbocycles. The molecule has 1 aromatic heterocycles. The predicted molar refractivity (Wildman–Crippen MR) is 74.0 cm³/mol. The first-order chi connectivity index (χ1) is 8.72. The molecule has 1 heterocycles. The van der Waals surface area contributed by atoms with Crippen LogP contribution in [0.2, 0.25) is 0 Å². The van der Waals surface area contributed by atoms with Crippen LogP contribution in [0.4, 0.5) is 5.69 Å². The normalized spacial score (nSPS) is 10.2. The van der Waals surface area contributed by atoms with Crippen molar-refractivity contribution in [1.82, 2.24) is 4.98 Å². The molecule has 0 aliphatic carbocycles. The second kappa shape index (κ2) is 5.54. The Morgan fingerprint density at radius 1 is 1.17 bits per heavy atom. The van der Waals surface area contributed by atoms with Gasteiger partial charge in [-0.05, 0) is 42.7 Å². The predicted octanol–water partition coefficient (Wildman–Crippen LogP) is 3.32. The highest BCUT2D eigenvalue weighted by Gasteiger charge is 2.04. The maximum absolute atomic E-state index is 5.21. The third-order valence-electron chi connectivity index (χ3n) is 3.15. The fraction of sp³-hybridized carbons (Fsp3) is 0.267. The Morgan fingerprint density at radius 3 is 2.78 bits per heavy atom. The van der Waals surface area contributed by atoms with Gasteiger partial charge in [0.25, 0.3) is 0 Å². The second-order valence-electron chi connectivity index (χ2n) is 4.27. The van der Waals surface area contributed by atoms with Crippen LogP contribution in [-0.4, -0.2) is 12.1 Å². The Labute approximate surface area is 108 Å². The molecular weight excluding hydrogens is 224 g/mol. The van der Waals surface area contributed by atoms with E-state index >= 15 is 0 Å². The van der Waals surface area contributed by atoms with Gasteiger partial charge in [-0.3, -0.25) is 0 Å². The summed E-state index contributed by atoms with van der Waals surface area (Å²) < 4.78 is 5.21. The van der Waals surface area contributed by atoms with Crippen molar-refractivity contribution in [1.29, 1.82) is 0 Å². The van der Waals surface area contributed by atoms with Crippen molar-refractivity contribution < 1.29 is 4.74 Å². The van der Waals surface area contributed by atoms with Crippen LogP contribution < -0.4 is 10.1 Å². The van der Waals surface area contributed by atoms with E-state index < -0.39 is 0 Å². The highest BCUT2D eigenvalue weighted by molar-refractivity contribution is 5.52. The number of aromatic nitrogens is 1. The molecule has 0 bridgehead atoms. The molecule has 0 radical (unpaired) electrons. The number of rotatable bonds is 4. The number of pyridine rings is 1. The van der Waals surface area contributed by atoms with E-state index in [1.165, 1.54) is 16.7 Å². The van der Waals surface area contributed by atoms with E-state index in [0.717, 1.165) is 12.2 Å². The Bertz CT molecular complexity index is 538. The molecular formula is C15H18N2O. The molecule has 2 rings (SSSR count). The van der Waals surface area contributed by atoms with E-state index in [4.69, 9.17) is 4.74 Å². The van der Waals surface area contributed by atoms with Crippen molar-refractivity contribution in [2.75, 3.05) is 12.4 Å². The van der Waals surface area contributed by atoms with Gasteiger partial charge >= 0.3 is 0 Å². The van der Waals surface area contributed by atoms with E-state index in [9.17, 15) is 0 Å². The molecule has 0 aliphatic heterocycles. The van der Waals surface area contributed by atoms with Crippen LogP contribution in [0.3, 0.4) is 0 Å². The van der Waals surface area contributed by atoms with Crippen LogP contribution in [0.1, 0.15) is 16.7 Å². The second-order valence-corrected chi connectivity index (χ2v) is 4.27. The Hall–Kier alpha value is -2.03. The quantitative estimate of drug-likeness (QED) is 0.893. The lowest BCUT2D eigenvalue weighted by molar-refractivity contribution is 0.399. The lowest BCUT2D eigenvalue weighted by Crippen LogP contribution is -2.04. The number of benzene rings is 1. The zero-order valence-corrected chi connectivity index (χ0v) is 11.0. The number of nitrogens with zero attached hydrogens (tertiary/aromatic N) is 1. The SMILES string of the molecule is COc1ncccc1NCc1cccc(C)c1C. The van der Waals surface area contributed by atoms with Gasteiger partial charge in [-0.2, -0.15) is 0 Å². The molecule has 0 unspecified atom stereocenters. The zero-order valence-electron chi connectivity index (χ0n) is 11.0. The van der Waals surface area contributed by atoms with Crippen LogP contribution in [-0.2, 0) is 6.54 Å². The van der Waals surface area contributed by atoms with Crippen molar-refractivity contribution in [3.63, 3.8) is 0 Å². The molecule has 3 heteroatoms. The minimum Gasteiger partial charge on any atom is -0.480 e. The van der Waals surface area contributed by atoms with Gasteiger partial charge in [0, 0.05) is 12.7 Å². The van der Waals surface area contributed by atoms with E-state index in [1.54, 1.807) is 13.3 Å². The molecule has 0 saturated heterocycles. The fourth-order valence-corrected chi connectivity index (χ4v) is 1.88. The summed E-state index contributed by atoms with van der Waals surface area (Å²) in [5, 5.41) is 3.36. The van der Waals surface area contributed by atoms with Crippen LogP contribution in [0.15, 0.2) is 36.5 Å². The minimum absolute atomic E-state index is 0.628. The maximum atomic E-state index is 5.21. The van der Waals surface area contributed by atoms with Gasteiger partial charge in [-0.1, -0.05) is 18.2 Å². The van der Waals surface area contributed by atoms with Crippen molar-refractivity contribution in [3.05, 3.63) is 53.2 Å². The number of nitrogens with one attached hydrogen (secondary N) is 1. The zero-order chi connectivity index (χ0) is 13.0. The van der Waals surface area contributed by atoms with Gasteiger partial charge in [0.15, 0.2) is 0 Å². The van der Waals surface area contributed by atoms with Gasteiger partial charge in [0.1, 0.15) is 0 Å². The molecule has 3 nitrogen and oxygen atoms in total. The highest BCUT2D eigenvalue weighted by atomic mass is 16.5. The summed E-state index contributed by atoms with van der Waals surface area (Å²) in [6.07, 6.45) is 1.72. The van der Waals surface area contributed by atoms with Crippen molar-refractivity contribution in [2.45, 2.75) is 20.4 Å². The number of anilines is 1. The number of aryl methyl sites for hydroxylation is 1. The summed E-state index contributed by atoms with van der Waals surface area (Å²) in [4.78, 5) is 4.16. The standard InChI is InChI=1S/C15H18N2O/c1-11-6-4-7-13(12(11)2)10-17-14-8-5-9-16-15(14)18-3/h4-9,17H,10H2,1-3H3. The topological polar surface area (TPSA) is 34.1 Å². The summed E-state index contributed by atoms with van der Waals surface area (Å²) in [5.74, 6) is 0.628. The molecule has 94 valence electrons. The van der Waals surface area contributed by atoms with Crippen LogP contribution in [0.5, 0.6) is 5.88 Å². The summed E-state index contributed by atoms with van der Waals surface area (Å²) in [6, 6.07) is 10.2. The largest absolute Gasteiger partial charge is 0.480 e. The number of hydrogen-bond acceptors (Lipinski definition) is 3. The van der Waals surface area contributed by atoms with E-state index in [1.807, 2.05) is 12.1 Å². The molecule has 0 amide bonds. The van der Waals surface area contributed by atoms with Gasteiger partial charge in [-0.15, -0.1) is 0 Å². The smallest absolute Gasteiger partial charge is 0.237 e. The molecule has 2 aromatic rings. The lowest BCUT2D eigenvalue weighted by Gasteiger charge is -2.12. The van der Waals surface area contributed by atoms with Crippen LogP contribution >= 0.6 is 0 Å². The van der Waals surface area contributed by atoms with E-state index in [2.05, 4.69) is 42.3 Å². The summed E-state index contributed by atoms with van der Waals surface area (Å²) in [5.41, 5.74) is 4.85. The first-order valence-corrected chi connectivity index (χ1v) is 6.00. The average molecular weight is 242 g/mol. The molecule has 1 N–H and O–H groups in total. The fourth-order valence-electron chi connectivity index (χ4n) is 1.88. The number of ether oxygens (including phenoxy) is 1. The third kappa shape index (κ3) is 2.62. The monoisotopic (exact) mass is 242 g/mol. The van der Waals surface area contributed by atoms with E-state index in [0.29, 0.717) is 5.88 Å². The van der Waals surface area contributed by atoms with Gasteiger partial charge in [-0.25, -0.2) is 4.98 Å². The summed E-state index contributed by atoms with van der Waals surface area (Å²) in [6.45, 7) is 5.05. The van der Waals surface area contributed by atoms with Crippen molar-refractivity contribution in [2.24, 2.45) is 0 Å². The lowest BCUT2D eigenvalue weighted by atomic mass is 10.0. The first-order valence-electron chi connectivity index (χ1n) is 6.00. The highest BCUT2D eigenvalue weighted by Crippen LogP contribution is 2.21. The van der Waals surface area contributed by atoms with Crippen LogP contribution in [0.25, 0.3) is 0 Å². The first kappa shape index (κ1) is 12.4. The van der Waals surface area contributed by atoms with Crippen molar-refractivity contribution in [3.8, 4) is 5.88 Å². The number of methoxy groups -OCH3 is 1. The Kier molecular flexibility index (Phi) is 3.82. The molecule has 18 heavy (non-hydrogen) atoms. The van der Waals surface area contributed by atoms with Gasteiger partial charge in [0.2, 0.25) is 5.88 Å². The third-order valence-corrected chi connectivity index (χ3v) is 3.15. The van der Waals surface area contributed by atoms with Gasteiger partial charge in [0.05, 0.1) is 12.8 Å². The average Bonchev–Trinajstić information content (AvgIpc) is 2.41. The summed E-state index contributed by atoms with van der Waals surface area (Å²) in [7, 11) is 1.63. The molecule has 0 fully saturated rings. The Morgan fingerprint density at radius 2 is 2.00 bits per heavy atom. The maximum Gasteiger partial charge on any atom is 0.237 e. The van der Waals surface area contributed by atoms with Crippen molar-refractivity contribution >= 4 is 5.69 Å². The van der Waals surface area contributed by atoms with Crippen LogP contribution in [0, 0.1) is 13.8 Å². The molecule has 0 atom stereocenters. The molecule has 0 saturated carbocycles.